The third kappa shape index (κ3) is 3.09. The highest BCUT2D eigenvalue weighted by atomic mass is 16.6. The molecule has 7 heteroatoms. The quantitative estimate of drug-likeness (QED) is 0.561. The Morgan fingerprint density at radius 3 is 2.30 bits per heavy atom. The van der Waals surface area contributed by atoms with Crippen LogP contribution in [-0.2, 0) is 28.7 Å². The van der Waals surface area contributed by atoms with Gasteiger partial charge in [-0.05, 0) is 19.8 Å². The average molecular weight is 323 g/mol. The summed E-state index contributed by atoms with van der Waals surface area (Å²) in [6.07, 6.45) is 2.57. The molecule has 0 unspecified atom stereocenters. The molecule has 2 saturated heterocycles. The fraction of sp³-hybridized carbons (Fsp3) is 0.750. The Labute approximate surface area is 134 Å². The zero-order chi connectivity index (χ0) is 16.6. The van der Waals surface area contributed by atoms with E-state index in [1.165, 1.54) is 4.90 Å². The van der Waals surface area contributed by atoms with Gasteiger partial charge < -0.3 is 9.47 Å². The maximum Gasteiger partial charge on any atom is 0.347 e. The highest BCUT2D eigenvalue weighted by Gasteiger charge is 2.48. The van der Waals surface area contributed by atoms with E-state index >= 15 is 0 Å². The first-order valence-electron chi connectivity index (χ1n) is 8.22. The van der Waals surface area contributed by atoms with E-state index < -0.39 is 18.0 Å². The van der Waals surface area contributed by atoms with Gasteiger partial charge in [0.2, 0.25) is 17.9 Å². The van der Waals surface area contributed by atoms with Crippen LogP contribution in [0.2, 0.25) is 0 Å². The number of esters is 2. The van der Waals surface area contributed by atoms with Crippen molar-refractivity contribution in [2.45, 2.75) is 57.7 Å². The Bertz CT molecular complexity index is 521. The zero-order valence-corrected chi connectivity index (χ0v) is 13.2. The number of carbonyl (C=O) groups excluding carboxylic acids is 4. The van der Waals surface area contributed by atoms with Crippen molar-refractivity contribution in [1.29, 1.82) is 0 Å². The highest BCUT2D eigenvalue weighted by Crippen LogP contribution is 2.38. The number of fused-ring (bicyclic) bond motifs is 1. The molecule has 0 aromatic carbocycles. The van der Waals surface area contributed by atoms with Gasteiger partial charge in [-0.25, -0.2) is 4.79 Å². The van der Waals surface area contributed by atoms with Gasteiger partial charge in [-0.15, -0.1) is 0 Å². The summed E-state index contributed by atoms with van der Waals surface area (Å²) in [4.78, 5) is 49.0. The van der Waals surface area contributed by atoms with Gasteiger partial charge in [0.15, 0.2) is 0 Å². The molecule has 0 N–H and O–H groups in total. The van der Waals surface area contributed by atoms with Crippen molar-refractivity contribution >= 4 is 23.8 Å². The fourth-order valence-corrected chi connectivity index (χ4v) is 3.69. The highest BCUT2D eigenvalue weighted by molar-refractivity contribution is 6.05. The third-order valence-electron chi connectivity index (χ3n) is 4.87. The number of hydrogen-bond acceptors (Lipinski definition) is 6. The maximum atomic E-state index is 12.3. The second-order valence-electron chi connectivity index (χ2n) is 6.54. The number of ether oxygens (including phenoxy) is 2. The summed E-state index contributed by atoms with van der Waals surface area (Å²) in [6.45, 7) is 1.76. The Morgan fingerprint density at radius 2 is 1.78 bits per heavy atom. The van der Waals surface area contributed by atoms with Crippen LogP contribution in [0.25, 0.3) is 0 Å². The van der Waals surface area contributed by atoms with Gasteiger partial charge in [-0.1, -0.05) is 12.8 Å². The Hall–Kier alpha value is -1.92. The molecule has 3 aliphatic rings. The summed E-state index contributed by atoms with van der Waals surface area (Å²) in [5.74, 6) is -1.87. The molecule has 0 aromatic heterocycles. The van der Waals surface area contributed by atoms with Gasteiger partial charge in [0.1, 0.15) is 6.10 Å². The summed E-state index contributed by atoms with van der Waals surface area (Å²) in [5, 5.41) is 0. The van der Waals surface area contributed by atoms with Crippen molar-refractivity contribution in [2.75, 3.05) is 6.54 Å². The first-order chi connectivity index (χ1) is 11.0. The van der Waals surface area contributed by atoms with E-state index in [2.05, 4.69) is 0 Å². The molecule has 7 nitrogen and oxygen atoms in total. The normalized spacial score (nSPS) is 33.6. The molecule has 2 aliphatic heterocycles. The van der Waals surface area contributed by atoms with Crippen molar-refractivity contribution in [3.8, 4) is 0 Å². The predicted molar refractivity (Wildman–Crippen MR) is 76.8 cm³/mol. The van der Waals surface area contributed by atoms with Gasteiger partial charge in [-0.3, -0.25) is 19.3 Å². The number of hydrogen-bond donors (Lipinski definition) is 0. The predicted octanol–water partition coefficient (Wildman–Crippen LogP) is 0.799. The molecule has 0 bridgehead atoms. The molecule has 126 valence electrons. The fourth-order valence-electron chi connectivity index (χ4n) is 3.69. The maximum absolute atomic E-state index is 12.3. The molecule has 4 atom stereocenters. The summed E-state index contributed by atoms with van der Waals surface area (Å²) in [7, 11) is 0. The van der Waals surface area contributed by atoms with Crippen molar-refractivity contribution in [3.63, 3.8) is 0 Å². The molecule has 1 saturated carbocycles. The van der Waals surface area contributed by atoms with Gasteiger partial charge in [0, 0.05) is 13.0 Å². The molecule has 0 aromatic rings. The summed E-state index contributed by atoms with van der Waals surface area (Å²) in [6, 6.07) is 0. The third-order valence-corrected chi connectivity index (χ3v) is 4.87. The lowest BCUT2D eigenvalue weighted by Gasteiger charge is -2.19. The molecule has 1 aliphatic carbocycles. The van der Waals surface area contributed by atoms with Crippen LogP contribution in [0.4, 0.5) is 0 Å². The number of rotatable bonds is 4. The minimum absolute atomic E-state index is 0.0286. The van der Waals surface area contributed by atoms with E-state index in [0.717, 1.165) is 25.7 Å². The van der Waals surface area contributed by atoms with Crippen LogP contribution in [0.15, 0.2) is 0 Å². The molecule has 2 amide bonds. The van der Waals surface area contributed by atoms with E-state index in [4.69, 9.17) is 9.47 Å². The van der Waals surface area contributed by atoms with E-state index in [-0.39, 0.29) is 42.7 Å². The zero-order valence-electron chi connectivity index (χ0n) is 13.2. The summed E-state index contributed by atoms with van der Waals surface area (Å²) in [5.41, 5.74) is 0. The Morgan fingerprint density at radius 1 is 1.17 bits per heavy atom. The van der Waals surface area contributed by atoms with Crippen molar-refractivity contribution < 1.29 is 28.7 Å². The van der Waals surface area contributed by atoms with E-state index in [0.29, 0.717) is 6.42 Å². The molecule has 3 rings (SSSR count). The van der Waals surface area contributed by atoms with Crippen LogP contribution in [0.5, 0.6) is 0 Å². The second-order valence-corrected chi connectivity index (χ2v) is 6.54. The van der Waals surface area contributed by atoms with Crippen LogP contribution >= 0.6 is 0 Å². The van der Waals surface area contributed by atoms with Crippen molar-refractivity contribution in [2.24, 2.45) is 11.8 Å². The number of imide groups is 1. The van der Waals surface area contributed by atoms with Crippen molar-refractivity contribution in [1.82, 2.24) is 4.90 Å². The standard InChI is InChI=1S/C16H21NO6/c1-9-8-12(16(21)22-9)23-13(18)6-7-17-14(19)10-4-2-3-5-11(10)15(17)20/h9-12H,2-8H2,1H3/t9-,10+,11+,12+/m1/s1. The van der Waals surface area contributed by atoms with Crippen LogP contribution < -0.4 is 0 Å². The summed E-state index contributed by atoms with van der Waals surface area (Å²) < 4.78 is 10.00. The van der Waals surface area contributed by atoms with E-state index in [1.54, 1.807) is 6.92 Å². The van der Waals surface area contributed by atoms with Crippen LogP contribution in [0.1, 0.15) is 45.4 Å². The van der Waals surface area contributed by atoms with Crippen molar-refractivity contribution in [3.05, 3.63) is 0 Å². The first-order valence-corrected chi connectivity index (χ1v) is 8.22. The lowest BCUT2D eigenvalue weighted by atomic mass is 9.81. The molecule has 2 heterocycles. The van der Waals surface area contributed by atoms with E-state index in [1.807, 2.05) is 0 Å². The molecule has 3 fully saturated rings. The molecule has 0 radical (unpaired) electrons. The monoisotopic (exact) mass is 323 g/mol. The topological polar surface area (TPSA) is 90.0 Å². The number of cyclic esters (lactones) is 1. The van der Waals surface area contributed by atoms with Gasteiger partial charge in [-0.2, -0.15) is 0 Å². The van der Waals surface area contributed by atoms with Crippen LogP contribution in [0.3, 0.4) is 0 Å². The molecule has 0 spiro atoms. The number of carbonyl (C=O) groups is 4. The van der Waals surface area contributed by atoms with Crippen LogP contribution in [-0.4, -0.2) is 47.4 Å². The van der Waals surface area contributed by atoms with Gasteiger partial charge in [0.05, 0.1) is 18.3 Å². The minimum Gasteiger partial charge on any atom is -0.460 e. The second kappa shape index (κ2) is 6.29. The number of amides is 2. The van der Waals surface area contributed by atoms with Gasteiger partial charge in [0.25, 0.3) is 0 Å². The number of nitrogens with zero attached hydrogens (tertiary/aromatic N) is 1. The lowest BCUT2D eigenvalue weighted by molar-refractivity contribution is -0.161. The largest absolute Gasteiger partial charge is 0.460 e. The summed E-state index contributed by atoms with van der Waals surface area (Å²) >= 11 is 0. The lowest BCUT2D eigenvalue weighted by Crippen LogP contribution is -2.34. The Kier molecular flexibility index (Phi) is 4.37. The smallest absolute Gasteiger partial charge is 0.347 e. The van der Waals surface area contributed by atoms with E-state index in [9.17, 15) is 19.2 Å². The average Bonchev–Trinajstić information content (AvgIpc) is 2.96. The minimum atomic E-state index is -0.870. The van der Waals surface area contributed by atoms with Crippen LogP contribution in [0, 0.1) is 11.8 Å². The molecular formula is C16H21NO6. The SMILES string of the molecule is C[C@@H]1C[C@H](OC(=O)CCN2C(=O)[C@H]3CCCC[C@@H]3C2=O)C(=O)O1. The number of likely N-dealkylation sites (tertiary alicyclic amines) is 1. The molecule has 23 heavy (non-hydrogen) atoms. The molecular weight excluding hydrogens is 302 g/mol. The first kappa shape index (κ1) is 16.0. The van der Waals surface area contributed by atoms with Gasteiger partial charge >= 0.3 is 11.9 Å². The Balaban J connectivity index is 1.52.